The van der Waals surface area contributed by atoms with Crippen molar-refractivity contribution in [3.8, 4) is 11.1 Å². The molecule has 0 spiro atoms. The first-order valence-corrected chi connectivity index (χ1v) is 11.8. The first-order chi connectivity index (χ1) is 17.5. The first-order valence-electron chi connectivity index (χ1n) is 11.4. The van der Waals surface area contributed by atoms with Crippen LogP contribution in [0.15, 0.2) is 97.2 Å². The van der Waals surface area contributed by atoms with Crippen LogP contribution in [0.25, 0.3) is 22.0 Å². The van der Waals surface area contributed by atoms with Crippen LogP contribution in [0, 0.1) is 0 Å². The van der Waals surface area contributed by atoms with Gasteiger partial charge >= 0.3 is 5.97 Å². The summed E-state index contributed by atoms with van der Waals surface area (Å²) in [5.41, 5.74) is 5.14. The molecule has 0 radical (unpaired) electrons. The van der Waals surface area contributed by atoms with Crippen molar-refractivity contribution in [1.82, 2.24) is 15.1 Å². The lowest BCUT2D eigenvalue weighted by molar-refractivity contribution is 0.0696. The first kappa shape index (κ1) is 23.3. The zero-order valence-electron chi connectivity index (χ0n) is 19.2. The average Bonchev–Trinajstić information content (AvgIpc) is 3.30. The summed E-state index contributed by atoms with van der Waals surface area (Å²) in [5, 5.41) is 18.2. The van der Waals surface area contributed by atoms with Crippen molar-refractivity contribution in [2.45, 2.75) is 13.1 Å². The number of carboxylic acid groups (broad SMARTS) is 1. The maximum Gasteiger partial charge on any atom is 0.335 e. The van der Waals surface area contributed by atoms with E-state index in [-0.39, 0.29) is 18.0 Å². The average molecular weight is 496 g/mol. The molecule has 0 unspecified atom stereocenters. The fraction of sp³-hybridized carbons (Fsp3) is 0.0690. The molecule has 6 nitrogen and oxygen atoms in total. The van der Waals surface area contributed by atoms with Gasteiger partial charge in [0.1, 0.15) is 0 Å². The minimum atomic E-state index is -0.987. The lowest BCUT2D eigenvalue weighted by atomic mass is 10.00. The van der Waals surface area contributed by atoms with E-state index < -0.39 is 5.97 Å². The molecule has 0 aliphatic carbocycles. The molecule has 1 amide bonds. The molecule has 2 N–H and O–H groups in total. The number of halogens is 1. The Labute approximate surface area is 212 Å². The molecule has 4 aromatic carbocycles. The van der Waals surface area contributed by atoms with Crippen molar-refractivity contribution in [3.05, 3.63) is 124 Å². The van der Waals surface area contributed by atoms with Gasteiger partial charge in [-0.1, -0.05) is 66.2 Å². The van der Waals surface area contributed by atoms with E-state index in [1.54, 1.807) is 18.3 Å². The number of hydrogen-bond acceptors (Lipinski definition) is 3. The molecule has 0 saturated heterocycles. The van der Waals surface area contributed by atoms with Crippen LogP contribution >= 0.6 is 11.6 Å². The second kappa shape index (κ2) is 10.1. The molecule has 0 saturated carbocycles. The van der Waals surface area contributed by atoms with Crippen molar-refractivity contribution >= 4 is 34.4 Å². The van der Waals surface area contributed by atoms with E-state index >= 15 is 0 Å². The van der Waals surface area contributed by atoms with E-state index in [1.807, 2.05) is 71.4 Å². The molecular formula is C29H22ClN3O3. The third-order valence-corrected chi connectivity index (χ3v) is 6.20. The number of carbonyl (C=O) groups is 2. The monoisotopic (exact) mass is 495 g/mol. The predicted octanol–water partition coefficient (Wildman–Crippen LogP) is 6.03. The summed E-state index contributed by atoms with van der Waals surface area (Å²) < 4.78 is 1.81. The fourth-order valence-corrected chi connectivity index (χ4v) is 4.39. The van der Waals surface area contributed by atoms with E-state index in [0.717, 1.165) is 33.2 Å². The second-order valence-corrected chi connectivity index (χ2v) is 8.88. The number of carboxylic acids is 1. The van der Waals surface area contributed by atoms with Gasteiger partial charge in [-0.15, -0.1) is 0 Å². The summed E-state index contributed by atoms with van der Waals surface area (Å²) in [6.45, 7) is 0.726. The Morgan fingerprint density at radius 3 is 2.36 bits per heavy atom. The van der Waals surface area contributed by atoms with Crippen molar-refractivity contribution in [3.63, 3.8) is 0 Å². The predicted molar refractivity (Wildman–Crippen MR) is 140 cm³/mol. The molecule has 178 valence electrons. The van der Waals surface area contributed by atoms with Gasteiger partial charge in [-0.25, -0.2) is 4.79 Å². The maximum absolute atomic E-state index is 13.5. The topological polar surface area (TPSA) is 84.2 Å². The number of nitrogens with zero attached hydrogens (tertiary/aromatic N) is 2. The quantitative estimate of drug-likeness (QED) is 0.288. The summed E-state index contributed by atoms with van der Waals surface area (Å²) in [7, 11) is 0. The minimum absolute atomic E-state index is 0.201. The third-order valence-electron chi connectivity index (χ3n) is 5.96. The largest absolute Gasteiger partial charge is 0.478 e. The number of fused-ring (bicyclic) bond motifs is 1. The van der Waals surface area contributed by atoms with Crippen molar-refractivity contribution < 1.29 is 14.7 Å². The van der Waals surface area contributed by atoms with Crippen LogP contribution in [0.5, 0.6) is 0 Å². The normalized spacial score (nSPS) is 10.9. The number of amides is 1. The van der Waals surface area contributed by atoms with Crippen molar-refractivity contribution in [2.24, 2.45) is 0 Å². The molecule has 0 aliphatic rings. The number of nitrogens with one attached hydrogen (secondary N) is 1. The Morgan fingerprint density at radius 1 is 0.861 bits per heavy atom. The molecule has 0 aliphatic heterocycles. The van der Waals surface area contributed by atoms with Crippen LogP contribution in [-0.4, -0.2) is 26.8 Å². The fourth-order valence-electron chi connectivity index (χ4n) is 4.17. The van der Waals surface area contributed by atoms with Crippen LogP contribution in [-0.2, 0) is 13.1 Å². The SMILES string of the molecule is O=C(O)c1ccc(CNC(=O)c2cc(-c3ccccc3)cc3cnn(Cc4cccc(Cl)c4)c23)cc1. The van der Waals surface area contributed by atoms with Crippen LogP contribution < -0.4 is 5.32 Å². The molecule has 1 heterocycles. The van der Waals surface area contributed by atoms with Gasteiger partial charge in [0.15, 0.2) is 0 Å². The van der Waals surface area contributed by atoms with Gasteiger partial charge in [-0.05, 0) is 58.7 Å². The van der Waals surface area contributed by atoms with E-state index in [2.05, 4.69) is 10.4 Å². The van der Waals surface area contributed by atoms with Gasteiger partial charge in [0.2, 0.25) is 0 Å². The zero-order chi connectivity index (χ0) is 25.1. The highest BCUT2D eigenvalue weighted by atomic mass is 35.5. The highest BCUT2D eigenvalue weighted by Crippen LogP contribution is 2.29. The van der Waals surface area contributed by atoms with Crippen LogP contribution in [0.4, 0.5) is 0 Å². The lowest BCUT2D eigenvalue weighted by Gasteiger charge is -2.12. The minimum Gasteiger partial charge on any atom is -0.478 e. The van der Waals surface area contributed by atoms with E-state index in [9.17, 15) is 9.59 Å². The smallest absolute Gasteiger partial charge is 0.335 e. The summed E-state index contributed by atoms with van der Waals surface area (Å²) in [5.74, 6) is -1.23. The molecule has 0 atom stereocenters. The Bertz CT molecular complexity index is 1560. The number of benzene rings is 4. The molecule has 5 rings (SSSR count). The number of hydrogen-bond donors (Lipinski definition) is 2. The van der Waals surface area contributed by atoms with Gasteiger partial charge in [0.05, 0.1) is 29.4 Å². The third kappa shape index (κ3) is 4.99. The summed E-state index contributed by atoms with van der Waals surface area (Å²) >= 11 is 6.17. The Hall–Kier alpha value is -4.42. The van der Waals surface area contributed by atoms with Gasteiger partial charge in [0.25, 0.3) is 5.91 Å². The molecule has 36 heavy (non-hydrogen) atoms. The summed E-state index contributed by atoms with van der Waals surface area (Å²) in [6, 6.07) is 27.8. The Balaban J connectivity index is 1.51. The van der Waals surface area contributed by atoms with Gasteiger partial charge in [-0.3, -0.25) is 9.48 Å². The number of carbonyl (C=O) groups excluding carboxylic acids is 1. The van der Waals surface area contributed by atoms with Gasteiger partial charge in [0, 0.05) is 17.0 Å². The van der Waals surface area contributed by atoms with Crippen LogP contribution in [0.2, 0.25) is 5.02 Å². The molecular weight excluding hydrogens is 474 g/mol. The number of rotatable bonds is 7. The van der Waals surface area contributed by atoms with Crippen LogP contribution in [0.1, 0.15) is 31.8 Å². The van der Waals surface area contributed by atoms with Gasteiger partial charge in [-0.2, -0.15) is 5.10 Å². The highest BCUT2D eigenvalue weighted by Gasteiger charge is 2.17. The van der Waals surface area contributed by atoms with E-state index in [1.165, 1.54) is 12.1 Å². The molecule has 7 heteroatoms. The Morgan fingerprint density at radius 2 is 1.64 bits per heavy atom. The highest BCUT2D eigenvalue weighted by molar-refractivity contribution is 6.30. The Kier molecular flexibility index (Phi) is 6.52. The second-order valence-electron chi connectivity index (χ2n) is 8.44. The van der Waals surface area contributed by atoms with E-state index in [4.69, 9.17) is 16.7 Å². The van der Waals surface area contributed by atoms with Crippen molar-refractivity contribution in [2.75, 3.05) is 0 Å². The number of aromatic nitrogens is 2. The molecule has 0 bridgehead atoms. The van der Waals surface area contributed by atoms with Crippen LogP contribution in [0.3, 0.4) is 0 Å². The van der Waals surface area contributed by atoms with Gasteiger partial charge < -0.3 is 10.4 Å². The maximum atomic E-state index is 13.5. The summed E-state index contributed by atoms with van der Waals surface area (Å²) in [6.07, 6.45) is 1.77. The summed E-state index contributed by atoms with van der Waals surface area (Å²) in [4.78, 5) is 24.6. The molecule has 0 fully saturated rings. The molecule has 1 aromatic heterocycles. The zero-order valence-corrected chi connectivity index (χ0v) is 19.9. The van der Waals surface area contributed by atoms with Crippen molar-refractivity contribution in [1.29, 1.82) is 0 Å². The lowest BCUT2D eigenvalue weighted by Crippen LogP contribution is -2.24. The molecule has 5 aromatic rings. The number of aromatic carboxylic acids is 1. The standard InChI is InChI=1S/C29H22ClN3O3/c30-25-8-4-5-20(13-25)18-33-27-24(17-32-33)14-23(21-6-2-1-3-7-21)15-26(27)28(34)31-16-19-9-11-22(12-10-19)29(35)36/h1-15,17H,16,18H2,(H,31,34)(H,35,36). The van der Waals surface area contributed by atoms with E-state index in [0.29, 0.717) is 17.1 Å².